The number of hydrogen-bond acceptors (Lipinski definition) is 3. The van der Waals surface area contributed by atoms with E-state index in [2.05, 4.69) is 42.8 Å². The van der Waals surface area contributed by atoms with Gasteiger partial charge in [-0.25, -0.2) is 0 Å². The molecule has 0 bridgehead atoms. The number of hydrogen-bond donors (Lipinski definition) is 1. The van der Waals surface area contributed by atoms with Crippen molar-refractivity contribution in [2.45, 2.75) is 53.4 Å². The minimum absolute atomic E-state index is 0. The summed E-state index contributed by atoms with van der Waals surface area (Å²) in [6.45, 7) is 16.5. The normalized spacial score (nSPS) is 21.2. The van der Waals surface area contributed by atoms with Crippen molar-refractivity contribution < 1.29 is 4.79 Å². The van der Waals surface area contributed by atoms with E-state index in [-0.39, 0.29) is 24.8 Å². The molecule has 0 aromatic heterocycles. The molecule has 2 heterocycles. The van der Waals surface area contributed by atoms with E-state index >= 15 is 0 Å². The first kappa shape index (κ1) is 25.0. The first-order valence-corrected chi connectivity index (χ1v) is 9.56. The van der Waals surface area contributed by atoms with Crippen LogP contribution in [0.4, 0.5) is 0 Å². The molecule has 0 aliphatic carbocycles. The molecule has 1 amide bonds. The lowest BCUT2D eigenvalue weighted by atomic mass is 9.84. The van der Waals surface area contributed by atoms with Crippen molar-refractivity contribution in [2.24, 2.45) is 17.3 Å². The van der Waals surface area contributed by atoms with Crippen LogP contribution < -0.4 is 5.32 Å². The van der Waals surface area contributed by atoms with Crippen molar-refractivity contribution in [3.8, 4) is 0 Å². The molecule has 2 aliphatic heterocycles. The first-order chi connectivity index (χ1) is 10.8. The third-order valence-electron chi connectivity index (χ3n) is 5.59. The van der Waals surface area contributed by atoms with Gasteiger partial charge in [0.1, 0.15) is 0 Å². The molecule has 2 saturated heterocycles. The highest BCUT2D eigenvalue weighted by molar-refractivity contribution is 5.85. The van der Waals surface area contributed by atoms with Gasteiger partial charge in [0.05, 0.1) is 0 Å². The van der Waals surface area contributed by atoms with Crippen LogP contribution in [0.2, 0.25) is 0 Å². The monoisotopic (exact) mass is 395 g/mol. The summed E-state index contributed by atoms with van der Waals surface area (Å²) in [4.78, 5) is 17.2. The highest BCUT2D eigenvalue weighted by Gasteiger charge is 2.26. The Hall–Kier alpha value is -0.0300. The molecule has 0 saturated carbocycles. The van der Waals surface area contributed by atoms with Crippen LogP contribution in [0.1, 0.15) is 53.4 Å². The van der Waals surface area contributed by atoms with Gasteiger partial charge in [-0.05, 0) is 56.1 Å². The van der Waals surface area contributed by atoms with Gasteiger partial charge >= 0.3 is 0 Å². The largest absolute Gasteiger partial charge is 0.340 e. The molecular weight excluding hydrogens is 357 g/mol. The Morgan fingerprint density at radius 1 is 1.08 bits per heavy atom. The zero-order chi connectivity index (χ0) is 16.9. The molecule has 25 heavy (non-hydrogen) atoms. The van der Waals surface area contributed by atoms with Crippen molar-refractivity contribution in [3.05, 3.63) is 0 Å². The fourth-order valence-electron chi connectivity index (χ4n) is 3.70. The highest BCUT2D eigenvalue weighted by atomic mass is 35.5. The van der Waals surface area contributed by atoms with E-state index in [9.17, 15) is 4.79 Å². The van der Waals surface area contributed by atoms with Gasteiger partial charge < -0.3 is 10.2 Å². The van der Waals surface area contributed by atoms with E-state index in [0.29, 0.717) is 17.2 Å². The maximum absolute atomic E-state index is 12.6. The summed E-state index contributed by atoms with van der Waals surface area (Å²) < 4.78 is 0. The van der Waals surface area contributed by atoms with Gasteiger partial charge in [0.25, 0.3) is 0 Å². The summed E-state index contributed by atoms with van der Waals surface area (Å²) in [5, 5.41) is 3.41. The maximum Gasteiger partial charge on any atom is 0.222 e. The quantitative estimate of drug-likeness (QED) is 0.773. The second-order valence-corrected chi connectivity index (χ2v) is 8.80. The van der Waals surface area contributed by atoms with E-state index < -0.39 is 0 Å². The predicted octanol–water partition coefficient (Wildman–Crippen LogP) is 3.44. The Balaban J connectivity index is 0.00000288. The molecule has 0 aromatic rings. The summed E-state index contributed by atoms with van der Waals surface area (Å²) in [5.41, 5.74) is 0.400. The van der Waals surface area contributed by atoms with Gasteiger partial charge in [0.2, 0.25) is 5.91 Å². The fraction of sp³-hybridized carbons (Fsp3) is 0.947. The van der Waals surface area contributed by atoms with Crippen LogP contribution in [0, 0.1) is 17.3 Å². The molecule has 1 atom stereocenters. The lowest BCUT2D eigenvalue weighted by Gasteiger charge is -2.37. The van der Waals surface area contributed by atoms with E-state index in [4.69, 9.17) is 0 Å². The van der Waals surface area contributed by atoms with E-state index in [1.54, 1.807) is 0 Å². The van der Waals surface area contributed by atoms with Gasteiger partial charge in [-0.2, -0.15) is 0 Å². The van der Waals surface area contributed by atoms with E-state index in [0.717, 1.165) is 58.2 Å². The fourth-order valence-corrected chi connectivity index (χ4v) is 3.70. The molecule has 0 aromatic carbocycles. The molecule has 150 valence electrons. The number of rotatable bonds is 5. The summed E-state index contributed by atoms with van der Waals surface area (Å²) >= 11 is 0. The predicted molar refractivity (Wildman–Crippen MR) is 111 cm³/mol. The zero-order valence-corrected chi connectivity index (χ0v) is 18.2. The van der Waals surface area contributed by atoms with Crippen LogP contribution in [0.5, 0.6) is 0 Å². The average Bonchev–Trinajstić information content (AvgIpc) is 2.53. The Morgan fingerprint density at radius 3 is 2.16 bits per heavy atom. The van der Waals surface area contributed by atoms with Crippen molar-refractivity contribution in [1.82, 2.24) is 15.1 Å². The van der Waals surface area contributed by atoms with Gasteiger partial charge in [0, 0.05) is 32.6 Å². The SMILES string of the molecule is CC(CC(=O)N1CCN(CCC(C)(C)C)CC1)C1CCNCC1.Cl.Cl. The molecule has 2 aliphatic rings. The van der Waals surface area contributed by atoms with Crippen LogP contribution in [0.3, 0.4) is 0 Å². The molecule has 0 spiro atoms. The second-order valence-electron chi connectivity index (χ2n) is 8.80. The minimum Gasteiger partial charge on any atom is -0.340 e. The van der Waals surface area contributed by atoms with Crippen LogP contribution in [0.25, 0.3) is 0 Å². The van der Waals surface area contributed by atoms with Crippen LogP contribution >= 0.6 is 24.8 Å². The van der Waals surface area contributed by atoms with E-state index in [1.807, 2.05) is 0 Å². The number of piperazine rings is 1. The lowest BCUT2D eigenvalue weighted by molar-refractivity contribution is -0.134. The van der Waals surface area contributed by atoms with Gasteiger partial charge in [-0.1, -0.05) is 27.7 Å². The number of carbonyl (C=O) groups excluding carboxylic acids is 1. The number of amides is 1. The zero-order valence-electron chi connectivity index (χ0n) is 16.6. The van der Waals surface area contributed by atoms with E-state index in [1.165, 1.54) is 19.3 Å². The standard InChI is InChI=1S/C19H37N3O.2ClH/c1-16(17-5-8-20-9-6-17)15-18(23)22-13-11-21(12-14-22)10-7-19(2,3)4;;/h16-17,20H,5-15H2,1-4H3;2*1H. The number of piperidine rings is 1. The Labute approximate surface area is 167 Å². The molecule has 4 nitrogen and oxygen atoms in total. The third-order valence-corrected chi connectivity index (χ3v) is 5.59. The molecule has 1 N–H and O–H groups in total. The second kappa shape index (κ2) is 11.6. The van der Waals surface area contributed by atoms with Crippen molar-refractivity contribution in [2.75, 3.05) is 45.8 Å². The van der Waals surface area contributed by atoms with Crippen molar-refractivity contribution >= 4 is 30.7 Å². The number of nitrogens with one attached hydrogen (secondary N) is 1. The number of nitrogens with zero attached hydrogens (tertiary/aromatic N) is 2. The van der Waals surface area contributed by atoms with Crippen molar-refractivity contribution in [3.63, 3.8) is 0 Å². The van der Waals surface area contributed by atoms with Crippen LogP contribution in [-0.4, -0.2) is 61.5 Å². The molecule has 0 radical (unpaired) electrons. The first-order valence-electron chi connectivity index (χ1n) is 9.56. The third kappa shape index (κ3) is 8.94. The summed E-state index contributed by atoms with van der Waals surface area (Å²) in [7, 11) is 0. The molecule has 2 rings (SSSR count). The smallest absolute Gasteiger partial charge is 0.222 e. The van der Waals surface area contributed by atoms with Gasteiger partial charge in [-0.15, -0.1) is 24.8 Å². The van der Waals surface area contributed by atoms with Crippen LogP contribution in [-0.2, 0) is 4.79 Å². The van der Waals surface area contributed by atoms with Crippen molar-refractivity contribution in [1.29, 1.82) is 0 Å². The number of carbonyl (C=O) groups is 1. The topological polar surface area (TPSA) is 35.6 Å². The summed E-state index contributed by atoms with van der Waals surface area (Å²) in [6.07, 6.45) is 4.43. The Kier molecular flexibility index (Phi) is 11.6. The molecule has 6 heteroatoms. The van der Waals surface area contributed by atoms with Gasteiger partial charge in [0.15, 0.2) is 0 Å². The maximum atomic E-state index is 12.6. The Morgan fingerprint density at radius 2 is 1.64 bits per heavy atom. The minimum atomic E-state index is 0. The van der Waals surface area contributed by atoms with Crippen LogP contribution in [0.15, 0.2) is 0 Å². The molecule has 2 fully saturated rings. The molecular formula is C19H39Cl2N3O. The summed E-state index contributed by atoms with van der Waals surface area (Å²) in [6, 6.07) is 0. The molecule has 1 unspecified atom stereocenters. The Bertz CT molecular complexity index is 373. The van der Waals surface area contributed by atoms with Gasteiger partial charge in [-0.3, -0.25) is 9.69 Å². The lowest BCUT2D eigenvalue weighted by Crippen LogP contribution is -2.49. The number of halogens is 2. The highest BCUT2D eigenvalue weighted by Crippen LogP contribution is 2.25. The average molecular weight is 396 g/mol. The summed E-state index contributed by atoms with van der Waals surface area (Å²) in [5.74, 6) is 1.64.